The van der Waals surface area contributed by atoms with Crippen molar-refractivity contribution in [1.29, 1.82) is 0 Å². The molecular weight excluding hydrogens is 268 g/mol. The number of aryl methyl sites for hydroxylation is 2. The van der Waals surface area contributed by atoms with E-state index in [1.165, 1.54) is 11.1 Å². The predicted molar refractivity (Wildman–Crippen MR) is 85.6 cm³/mol. The molecule has 2 aromatic rings. The predicted octanol–water partition coefficient (Wildman–Crippen LogP) is 5.47. The van der Waals surface area contributed by atoms with Gasteiger partial charge in [-0.15, -0.1) is 0 Å². The summed E-state index contributed by atoms with van der Waals surface area (Å²) < 4.78 is 0. The summed E-state index contributed by atoms with van der Waals surface area (Å²) in [6.07, 6.45) is 2.18. The van der Waals surface area contributed by atoms with Crippen molar-refractivity contribution in [3.8, 4) is 11.1 Å². The number of hydrogen-bond acceptors (Lipinski definition) is 1. The van der Waals surface area contributed by atoms with Crippen LogP contribution in [0.3, 0.4) is 0 Å². The fourth-order valence-electron chi connectivity index (χ4n) is 2.34. The van der Waals surface area contributed by atoms with Crippen molar-refractivity contribution in [3.05, 3.63) is 58.1 Å². The number of carbonyl (C=O) groups is 1. The molecule has 0 unspecified atom stereocenters. The highest BCUT2D eigenvalue weighted by molar-refractivity contribution is 6.33. The van der Waals surface area contributed by atoms with E-state index >= 15 is 0 Å². The second-order valence-corrected chi connectivity index (χ2v) is 5.55. The van der Waals surface area contributed by atoms with Gasteiger partial charge in [0.25, 0.3) is 0 Å². The van der Waals surface area contributed by atoms with Crippen LogP contribution in [-0.4, -0.2) is 5.78 Å². The lowest BCUT2D eigenvalue weighted by Crippen LogP contribution is -1.94. The maximum absolute atomic E-state index is 11.5. The first-order valence-corrected chi connectivity index (χ1v) is 7.31. The lowest BCUT2D eigenvalue weighted by molar-refractivity contribution is 0.101. The molecule has 2 rings (SSSR count). The van der Waals surface area contributed by atoms with E-state index in [0.717, 1.165) is 24.0 Å². The maximum atomic E-state index is 11.5. The highest BCUT2D eigenvalue weighted by Crippen LogP contribution is 2.30. The van der Waals surface area contributed by atoms with Crippen LogP contribution < -0.4 is 0 Å². The summed E-state index contributed by atoms with van der Waals surface area (Å²) in [7, 11) is 0. The fourth-order valence-corrected chi connectivity index (χ4v) is 2.57. The molecule has 0 N–H and O–H groups in total. The van der Waals surface area contributed by atoms with E-state index < -0.39 is 0 Å². The third-order valence-electron chi connectivity index (χ3n) is 3.55. The molecule has 0 bridgehead atoms. The van der Waals surface area contributed by atoms with Crippen molar-refractivity contribution in [3.63, 3.8) is 0 Å². The van der Waals surface area contributed by atoms with Gasteiger partial charge in [0.05, 0.1) is 0 Å². The summed E-state index contributed by atoms with van der Waals surface area (Å²) in [6.45, 7) is 5.88. The first-order chi connectivity index (χ1) is 9.52. The minimum atomic E-state index is 0.0591. The van der Waals surface area contributed by atoms with Crippen molar-refractivity contribution in [2.24, 2.45) is 0 Å². The van der Waals surface area contributed by atoms with Crippen LogP contribution in [0.5, 0.6) is 0 Å². The second-order valence-electron chi connectivity index (χ2n) is 5.14. The number of hydrogen-bond donors (Lipinski definition) is 0. The number of benzene rings is 2. The molecular formula is C18H19ClO. The molecule has 104 valence electrons. The molecule has 0 aliphatic carbocycles. The summed E-state index contributed by atoms with van der Waals surface area (Å²) in [5, 5.41) is 0.682. The highest BCUT2D eigenvalue weighted by Gasteiger charge is 2.09. The first kappa shape index (κ1) is 14.8. The summed E-state index contributed by atoms with van der Waals surface area (Å²) in [6, 6.07) is 11.8. The summed E-state index contributed by atoms with van der Waals surface area (Å²) in [5.74, 6) is 0.0591. The molecule has 0 aliphatic heterocycles. The smallest absolute Gasteiger partial charge is 0.159 e. The molecule has 0 aliphatic rings. The Balaban J connectivity index is 2.53. The van der Waals surface area contributed by atoms with Crippen LogP contribution in [-0.2, 0) is 6.42 Å². The third kappa shape index (κ3) is 3.10. The van der Waals surface area contributed by atoms with E-state index in [2.05, 4.69) is 32.0 Å². The van der Waals surface area contributed by atoms with Crippen molar-refractivity contribution < 1.29 is 4.79 Å². The van der Waals surface area contributed by atoms with E-state index in [-0.39, 0.29) is 5.78 Å². The van der Waals surface area contributed by atoms with Gasteiger partial charge in [-0.05, 0) is 55.2 Å². The van der Waals surface area contributed by atoms with Crippen molar-refractivity contribution in [2.45, 2.75) is 33.6 Å². The van der Waals surface area contributed by atoms with Gasteiger partial charge in [-0.2, -0.15) is 0 Å². The highest BCUT2D eigenvalue weighted by atomic mass is 35.5. The molecule has 0 aromatic heterocycles. The van der Waals surface area contributed by atoms with Gasteiger partial charge in [0.1, 0.15) is 0 Å². The molecule has 0 amide bonds. The Labute approximate surface area is 125 Å². The van der Waals surface area contributed by atoms with E-state index in [4.69, 9.17) is 11.6 Å². The lowest BCUT2D eigenvalue weighted by Gasteiger charge is -2.11. The zero-order valence-electron chi connectivity index (χ0n) is 12.2. The van der Waals surface area contributed by atoms with Crippen molar-refractivity contribution >= 4 is 17.4 Å². The van der Waals surface area contributed by atoms with Crippen LogP contribution >= 0.6 is 11.6 Å². The van der Waals surface area contributed by atoms with Crippen LogP contribution in [0.4, 0.5) is 0 Å². The Kier molecular flexibility index (Phi) is 4.61. The van der Waals surface area contributed by atoms with Crippen LogP contribution in [0.2, 0.25) is 5.02 Å². The lowest BCUT2D eigenvalue weighted by atomic mass is 9.96. The zero-order valence-corrected chi connectivity index (χ0v) is 12.9. The minimum Gasteiger partial charge on any atom is -0.295 e. The van der Waals surface area contributed by atoms with Gasteiger partial charge in [0, 0.05) is 16.1 Å². The van der Waals surface area contributed by atoms with Gasteiger partial charge in [-0.3, -0.25) is 4.79 Å². The Morgan fingerprint density at radius 2 is 1.90 bits per heavy atom. The van der Waals surface area contributed by atoms with Crippen molar-refractivity contribution in [1.82, 2.24) is 0 Å². The quantitative estimate of drug-likeness (QED) is 0.681. The van der Waals surface area contributed by atoms with Gasteiger partial charge in [-0.1, -0.05) is 43.1 Å². The molecule has 20 heavy (non-hydrogen) atoms. The normalized spacial score (nSPS) is 10.6. The van der Waals surface area contributed by atoms with E-state index in [0.29, 0.717) is 10.6 Å². The monoisotopic (exact) mass is 286 g/mol. The topological polar surface area (TPSA) is 17.1 Å². The second kappa shape index (κ2) is 6.23. The van der Waals surface area contributed by atoms with Gasteiger partial charge < -0.3 is 0 Å². The number of carbonyl (C=O) groups excluding carboxylic acids is 1. The largest absolute Gasteiger partial charge is 0.295 e. The Morgan fingerprint density at radius 3 is 2.55 bits per heavy atom. The van der Waals surface area contributed by atoms with E-state index in [9.17, 15) is 4.79 Å². The van der Waals surface area contributed by atoms with E-state index in [1.54, 1.807) is 19.1 Å². The number of Topliss-reactive ketones (excluding diaryl/α,β-unsaturated/α-hetero) is 1. The standard InChI is InChI=1S/C18H19ClO/c1-4-5-14-10-16(7-6-12(14)2)17-11-15(13(3)20)8-9-18(17)19/h6-11H,4-5H2,1-3H3. The average Bonchev–Trinajstić information content (AvgIpc) is 2.42. The molecule has 0 saturated carbocycles. The molecule has 0 fully saturated rings. The first-order valence-electron chi connectivity index (χ1n) is 6.93. The summed E-state index contributed by atoms with van der Waals surface area (Å²) in [4.78, 5) is 11.5. The Hall–Kier alpha value is -1.60. The van der Waals surface area contributed by atoms with Gasteiger partial charge in [0.2, 0.25) is 0 Å². The molecule has 0 heterocycles. The van der Waals surface area contributed by atoms with Crippen LogP contribution in [0.25, 0.3) is 11.1 Å². The molecule has 0 saturated heterocycles. The summed E-state index contributed by atoms with van der Waals surface area (Å²) in [5.41, 5.74) is 5.34. The minimum absolute atomic E-state index is 0.0591. The van der Waals surface area contributed by atoms with E-state index in [1.807, 2.05) is 6.07 Å². The van der Waals surface area contributed by atoms with Gasteiger partial charge >= 0.3 is 0 Å². The van der Waals surface area contributed by atoms with Gasteiger partial charge in [0.15, 0.2) is 5.78 Å². The Bertz CT molecular complexity index is 644. The van der Waals surface area contributed by atoms with Gasteiger partial charge in [-0.25, -0.2) is 0 Å². The van der Waals surface area contributed by atoms with Crippen LogP contribution in [0.1, 0.15) is 41.8 Å². The molecule has 2 aromatic carbocycles. The zero-order chi connectivity index (χ0) is 14.7. The third-order valence-corrected chi connectivity index (χ3v) is 3.88. The fraction of sp³-hybridized carbons (Fsp3) is 0.278. The van der Waals surface area contributed by atoms with Crippen LogP contribution in [0.15, 0.2) is 36.4 Å². The molecule has 1 nitrogen and oxygen atoms in total. The van der Waals surface area contributed by atoms with Crippen molar-refractivity contribution in [2.75, 3.05) is 0 Å². The molecule has 0 radical (unpaired) electrons. The SMILES string of the molecule is CCCc1cc(-c2cc(C(C)=O)ccc2Cl)ccc1C. The maximum Gasteiger partial charge on any atom is 0.159 e. The number of rotatable bonds is 4. The summed E-state index contributed by atoms with van der Waals surface area (Å²) >= 11 is 6.29. The molecule has 0 atom stereocenters. The number of ketones is 1. The number of halogens is 1. The van der Waals surface area contributed by atoms with Crippen LogP contribution in [0, 0.1) is 6.92 Å². The Morgan fingerprint density at radius 1 is 1.15 bits per heavy atom. The molecule has 2 heteroatoms. The average molecular weight is 287 g/mol. The molecule has 0 spiro atoms.